The third-order valence-electron chi connectivity index (χ3n) is 3.55. The minimum absolute atomic E-state index is 0.219. The molecule has 7 heteroatoms. The molecule has 0 unspecified atom stereocenters. The summed E-state index contributed by atoms with van der Waals surface area (Å²) in [6, 6.07) is 8.33. The highest BCUT2D eigenvalue weighted by Crippen LogP contribution is 2.28. The first-order chi connectivity index (χ1) is 11.3. The summed E-state index contributed by atoms with van der Waals surface area (Å²) in [5.74, 6) is 0.267. The molecule has 6 nitrogen and oxygen atoms in total. The Labute approximate surface area is 145 Å². The fourth-order valence-corrected chi connectivity index (χ4v) is 2.19. The van der Waals surface area contributed by atoms with E-state index in [1.807, 2.05) is 0 Å². The number of nitrogens with one attached hydrogen (secondary N) is 2. The standard InChI is InChI=1S/C17H19ClN2O4/c1-17(2,15(21)19-10-12-5-4-8-24-12)16(22)20-11-6-7-14(23-3)13(18)9-11/h4-9H,10H2,1-3H3,(H,19,21)(H,20,22). The van der Waals surface area contributed by atoms with Gasteiger partial charge in [-0.1, -0.05) is 11.6 Å². The SMILES string of the molecule is COc1ccc(NC(=O)C(C)(C)C(=O)NCc2ccco2)cc1Cl. The maximum atomic E-state index is 12.4. The molecule has 0 radical (unpaired) electrons. The molecule has 0 aliphatic heterocycles. The summed E-state index contributed by atoms with van der Waals surface area (Å²) in [6.07, 6.45) is 1.52. The highest BCUT2D eigenvalue weighted by molar-refractivity contribution is 6.32. The molecule has 0 aliphatic rings. The van der Waals surface area contributed by atoms with E-state index in [1.54, 1.807) is 44.2 Å². The molecular formula is C17H19ClN2O4. The van der Waals surface area contributed by atoms with E-state index in [0.29, 0.717) is 22.2 Å². The van der Waals surface area contributed by atoms with Crippen LogP contribution in [0, 0.1) is 5.41 Å². The average Bonchev–Trinajstić information content (AvgIpc) is 3.06. The second-order valence-electron chi connectivity index (χ2n) is 5.69. The zero-order chi connectivity index (χ0) is 17.7. The predicted molar refractivity (Wildman–Crippen MR) is 91.0 cm³/mol. The van der Waals surface area contributed by atoms with Crippen LogP contribution in [0.5, 0.6) is 5.75 Å². The first-order valence-electron chi connectivity index (χ1n) is 7.30. The molecule has 0 bridgehead atoms. The van der Waals surface area contributed by atoms with Gasteiger partial charge >= 0.3 is 0 Å². The number of anilines is 1. The van der Waals surface area contributed by atoms with Crippen molar-refractivity contribution in [3.63, 3.8) is 0 Å². The molecule has 0 atom stereocenters. The topological polar surface area (TPSA) is 80.6 Å². The number of furan rings is 1. The Morgan fingerprint density at radius 2 is 2.00 bits per heavy atom. The molecular weight excluding hydrogens is 332 g/mol. The third kappa shape index (κ3) is 4.08. The van der Waals surface area contributed by atoms with E-state index in [-0.39, 0.29) is 6.54 Å². The first-order valence-corrected chi connectivity index (χ1v) is 7.68. The highest BCUT2D eigenvalue weighted by atomic mass is 35.5. The molecule has 0 saturated carbocycles. The Kier molecular flexibility index (Phi) is 5.51. The molecule has 0 saturated heterocycles. The average molecular weight is 351 g/mol. The lowest BCUT2D eigenvalue weighted by molar-refractivity contribution is -0.138. The fourth-order valence-electron chi connectivity index (χ4n) is 1.94. The van der Waals surface area contributed by atoms with E-state index in [0.717, 1.165) is 0 Å². The zero-order valence-corrected chi connectivity index (χ0v) is 14.4. The summed E-state index contributed by atoms with van der Waals surface area (Å²) >= 11 is 6.03. The maximum absolute atomic E-state index is 12.4. The molecule has 0 fully saturated rings. The molecule has 1 heterocycles. The van der Waals surface area contributed by atoms with Gasteiger partial charge in [0.25, 0.3) is 0 Å². The number of rotatable bonds is 6. The van der Waals surface area contributed by atoms with Crippen LogP contribution in [0.4, 0.5) is 5.69 Å². The lowest BCUT2D eigenvalue weighted by Crippen LogP contribution is -2.44. The van der Waals surface area contributed by atoms with Crippen molar-refractivity contribution in [2.45, 2.75) is 20.4 Å². The van der Waals surface area contributed by atoms with Crippen LogP contribution in [0.2, 0.25) is 5.02 Å². The molecule has 2 rings (SSSR count). The lowest BCUT2D eigenvalue weighted by Gasteiger charge is -2.22. The molecule has 24 heavy (non-hydrogen) atoms. The number of carbonyl (C=O) groups excluding carboxylic acids is 2. The summed E-state index contributed by atoms with van der Waals surface area (Å²) in [6.45, 7) is 3.31. The number of hydrogen-bond acceptors (Lipinski definition) is 4. The molecule has 2 aromatic rings. The minimum atomic E-state index is -1.26. The van der Waals surface area contributed by atoms with Crippen molar-refractivity contribution in [1.29, 1.82) is 0 Å². The number of benzene rings is 1. The zero-order valence-electron chi connectivity index (χ0n) is 13.7. The quantitative estimate of drug-likeness (QED) is 0.784. The van der Waals surface area contributed by atoms with E-state index in [2.05, 4.69) is 10.6 Å². The van der Waals surface area contributed by atoms with Crippen molar-refractivity contribution in [2.24, 2.45) is 5.41 Å². The van der Waals surface area contributed by atoms with Crippen LogP contribution in [-0.4, -0.2) is 18.9 Å². The molecule has 0 aliphatic carbocycles. The van der Waals surface area contributed by atoms with Gasteiger partial charge in [-0.05, 0) is 44.2 Å². The van der Waals surface area contributed by atoms with Crippen LogP contribution < -0.4 is 15.4 Å². The van der Waals surface area contributed by atoms with Gasteiger partial charge in [-0.3, -0.25) is 9.59 Å². The van der Waals surface area contributed by atoms with Gasteiger partial charge in [0.2, 0.25) is 11.8 Å². The second-order valence-corrected chi connectivity index (χ2v) is 6.10. The first kappa shape index (κ1) is 17.9. The van der Waals surface area contributed by atoms with Gasteiger partial charge in [-0.25, -0.2) is 0 Å². The maximum Gasteiger partial charge on any atom is 0.239 e. The number of ether oxygens (including phenoxy) is 1. The lowest BCUT2D eigenvalue weighted by atomic mass is 9.91. The van der Waals surface area contributed by atoms with Crippen LogP contribution in [0.25, 0.3) is 0 Å². The van der Waals surface area contributed by atoms with Gasteiger partial charge < -0.3 is 19.8 Å². The van der Waals surface area contributed by atoms with Crippen molar-refractivity contribution >= 4 is 29.1 Å². The van der Waals surface area contributed by atoms with E-state index >= 15 is 0 Å². The Morgan fingerprint density at radius 1 is 1.25 bits per heavy atom. The van der Waals surface area contributed by atoms with Crippen LogP contribution >= 0.6 is 11.6 Å². The normalized spacial score (nSPS) is 11.0. The number of amides is 2. The second kappa shape index (κ2) is 7.40. The van der Waals surface area contributed by atoms with Crippen molar-refractivity contribution in [1.82, 2.24) is 5.32 Å². The third-order valence-corrected chi connectivity index (χ3v) is 3.84. The molecule has 2 amide bonds. The van der Waals surface area contributed by atoms with Crippen molar-refractivity contribution in [2.75, 3.05) is 12.4 Å². The van der Waals surface area contributed by atoms with E-state index < -0.39 is 17.2 Å². The van der Waals surface area contributed by atoms with Gasteiger partial charge in [0, 0.05) is 5.69 Å². The highest BCUT2D eigenvalue weighted by Gasteiger charge is 2.36. The van der Waals surface area contributed by atoms with Gasteiger partial charge in [0.1, 0.15) is 16.9 Å². The number of halogens is 1. The predicted octanol–water partition coefficient (Wildman–Crippen LogP) is 3.22. The summed E-state index contributed by atoms with van der Waals surface area (Å²) in [5, 5.41) is 5.74. The van der Waals surface area contributed by atoms with Crippen LogP contribution in [0.15, 0.2) is 41.0 Å². The monoisotopic (exact) mass is 350 g/mol. The smallest absolute Gasteiger partial charge is 0.239 e. The molecule has 128 valence electrons. The summed E-state index contributed by atoms with van der Waals surface area (Å²) in [4.78, 5) is 24.7. The Morgan fingerprint density at radius 3 is 2.58 bits per heavy atom. The number of carbonyl (C=O) groups is 2. The van der Waals surface area contributed by atoms with Crippen LogP contribution in [0.1, 0.15) is 19.6 Å². The Hall–Kier alpha value is -2.47. The summed E-state index contributed by atoms with van der Waals surface area (Å²) in [5.41, 5.74) is -0.781. The van der Waals surface area contributed by atoms with Crippen molar-refractivity contribution in [3.8, 4) is 5.75 Å². The molecule has 2 N–H and O–H groups in total. The summed E-state index contributed by atoms with van der Waals surface area (Å²) in [7, 11) is 1.51. The van der Waals surface area contributed by atoms with Crippen molar-refractivity contribution < 1.29 is 18.7 Å². The minimum Gasteiger partial charge on any atom is -0.495 e. The van der Waals surface area contributed by atoms with Crippen LogP contribution in [-0.2, 0) is 16.1 Å². The number of methoxy groups -OCH3 is 1. The van der Waals surface area contributed by atoms with Gasteiger partial charge in [0.15, 0.2) is 0 Å². The molecule has 1 aromatic heterocycles. The van der Waals surface area contributed by atoms with Gasteiger partial charge in [-0.2, -0.15) is 0 Å². The molecule has 1 aromatic carbocycles. The van der Waals surface area contributed by atoms with E-state index in [4.69, 9.17) is 20.8 Å². The van der Waals surface area contributed by atoms with E-state index in [9.17, 15) is 9.59 Å². The Bertz CT molecular complexity index is 726. The fraction of sp³-hybridized carbons (Fsp3) is 0.294. The van der Waals surface area contributed by atoms with Crippen molar-refractivity contribution in [3.05, 3.63) is 47.4 Å². The molecule has 0 spiro atoms. The van der Waals surface area contributed by atoms with Gasteiger partial charge in [-0.15, -0.1) is 0 Å². The van der Waals surface area contributed by atoms with E-state index in [1.165, 1.54) is 13.4 Å². The van der Waals surface area contributed by atoms with Gasteiger partial charge in [0.05, 0.1) is 24.9 Å². The summed E-state index contributed by atoms with van der Waals surface area (Å²) < 4.78 is 10.2. The van der Waals surface area contributed by atoms with Crippen LogP contribution in [0.3, 0.4) is 0 Å². The number of hydrogen-bond donors (Lipinski definition) is 2. The Balaban J connectivity index is 2.00. The largest absolute Gasteiger partial charge is 0.495 e.